The summed E-state index contributed by atoms with van der Waals surface area (Å²) in [6, 6.07) is 8.21. The third kappa shape index (κ3) is 3.52. The highest BCUT2D eigenvalue weighted by Gasteiger charge is 2.04. The van der Waals surface area contributed by atoms with Crippen LogP contribution in [0.25, 0.3) is 10.4 Å². The first-order chi connectivity index (χ1) is 8.29. The maximum atomic E-state index is 4.98. The third-order valence-corrected chi connectivity index (χ3v) is 3.69. The summed E-state index contributed by atoms with van der Waals surface area (Å²) in [5.41, 5.74) is 1.18. The number of benzene rings is 1. The molecule has 2 rings (SSSR count). The van der Waals surface area contributed by atoms with E-state index in [1.165, 1.54) is 5.56 Å². The van der Waals surface area contributed by atoms with Crippen LogP contribution < -0.4 is 5.32 Å². The van der Waals surface area contributed by atoms with E-state index in [-0.39, 0.29) is 0 Å². The number of nitrogens with zero attached hydrogens (tertiary/aromatic N) is 1. The number of rotatable bonds is 5. The van der Waals surface area contributed by atoms with Gasteiger partial charge in [-0.2, -0.15) is 0 Å². The summed E-state index contributed by atoms with van der Waals surface area (Å²) in [5.74, 6) is 0. The van der Waals surface area contributed by atoms with Crippen molar-refractivity contribution in [2.45, 2.75) is 0 Å². The lowest BCUT2D eigenvalue weighted by atomic mass is 10.2. The van der Waals surface area contributed by atoms with Gasteiger partial charge in [0.1, 0.15) is 0 Å². The number of thiazole rings is 1. The number of aromatic nitrogens is 1. The summed E-state index contributed by atoms with van der Waals surface area (Å²) < 4.78 is 6.06. The predicted octanol–water partition coefficient (Wildman–Crippen LogP) is 3.63. The molecule has 0 atom stereocenters. The van der Waals surface area contributed by atoms with Crippen molar-refractivity contribution in [1.82, 2.24) is 4.98 Å². The fraction of sp³-hybridized carbons (Fsp3) is 0.250. The summed E-state index contributed by atoms with van der Waals surface area (Å²) in [4.78, 5) is 5.49. The van der Waals surface area contributed by atoms with Crippen molar-refractivity contribution in [3.8, 4) is 10.4 Å². The normalized spacial score (nSPS) is 10.5. The minimum Gasteiger partial charge on any atom is -0.383 e. The van der Waals surface area contributed by atoms with Crippen LogP contribution >= 0.6 is 27.3 Å². The number of halogens is 1. The van der Waals surface area contributed by atoms with Gasteiger partial charge in [0.25, 0.3) is 0 Å². The average molecular weight is 313 g/mol. The lowest BCUT2D eigenvalue weighted by Gasteiger charge is -2.00. The van der Waals surface area contributed by atoms with E-state index in [9.17, 15) is 0 Å². The molecule has 90 valence electrons. The van der Waals surface area contributed by atoms with Crippen molar-refractivity contribution in [1.29, 1.82) is 0 Å². The standard InChI is InChI=1S/C12H13BrN2OS/c1-16-6-5-14-12-15-8-11(17-12)9-3-2-4-10(13)7-9/h2-4,7-8H,5-6H2,1H3,(H,14,15). The average Bonchev–Trinajstić information content (AvgIpc) is 2.78. The molecule has 2 aromatic rings. The van der Waals surface area contributed by atoms with Crippen LogP contribution in [0.2, 0.25) is 0 Å². The van der Waals surface area contributed by atoms with Crippen LogP contribution in [0.4, 0.5) is 5.13 Å². The molecule has 0 fully saturated rings. The van der Waals surface area contributed by atoms with E-state index in [0.29, 0.717) is 6.61 Å². The Labute approximate surface area is 113 Å². The molecule has 3 nitrogen and oxygen atoms in total. The van der Waals surface area contributed by atoms with Gasteiger partial charge < -0.3 is 10.1 Å². The topological polar surface area (TPSA) is 34.1 Å². The monoisotopic (exact) mass is 312 g/mol. The van der Waals surface area contributed by atoms with Gasteiger partial charge in [-0.25, -0.2) is 4.98 Å². The van der Waals surface area contributed by atoms with E-state index in [0.717, 1.165) is 21.0 Å². The summed E-state index contributed by atoms with van der Waals surface area (Å²) >= 11 is 5.12. The zero-order valence-corrected chi connectivity index (χ0v) is 11.8. The van der Waals surface area contributed by atoms with Gasteiger partial charge in [-0.3, -0.25) is 0 Å². The van der Waals surface area contributed by atoms with Crippen molar-refractivity contribution < 1.29 is 4.74 Å². The lowest BCUT2D eigenvalue weighted by molar-refractivity contribution is 0.211. The maximum absolute atomic E-state index is 4.98. The van der Waals surface area contributed by atoms with Crippen LogP contribution in [0, 0.1) is 0 Å². The van der Waals surface area contributed by atoms with Gasteiger partial charge in [-0.15, -0.1) is 0 Å². The molecule has 1 heterocycles. The van der Waals surface area contributed by atoms with E-state index < -0.39 is 0 Å². The highest BCUT2D eigenvalue weighted by Crippen LogP contribution is 2.30. The van der Waals surface area contributed by atoms with Crippen LogP contribution in [0.3, 0.4) is 0 Å². The Hall–Kier alpha value is -0.910. The van der Waals surface area contributed by atoms with Crippen LogP contribution in [-0.4, -0.2) is 25.2 Å². The molecule has 0 bridgehead atoms. The zero-order chi connectivity index (χ0) is 12.1. The molecule has 0 radical (unpaired) electrons. The quantitative estimate of drug-likeness (QED) is 0.856. The van der Waals surface area contributed by atoms with E-state index >= 15 is 0 Å². The summed E-state index contributed by atoms with van der Waals surface area (Å²) in [7, 11) is 1.69. The largest absolute Gasteiger partial charge is 0.383 e. The Morgan fingerprint density at radius 2 is 2.35 bits per heavy atom. The van der Waals surface area contributed by atoms with Crippen LogP contribution in [0.1, 0.15) is 0 Å². The smallest absolute Gasteiger partial charge is 0.183 e. The minimum absolute atomic E-state index is 0.686. The second kappa shape index (κ2) is 6.14. The molecule has 5 heteroatoms. The van der Waals surface area contributed by atoms with E-state index in [1.807, 2.05) is 18.3 Å². The van der Waals surface area contributed by atoms with Crippen molar-refractivity contribution in [2.24, 2.45) is 0 Å². The fourth-order valence-corrected chi connectivity index (χ4v) is 2.63. The summed E-state index contributed by atoms with van der Waals surface area (Å²) in [5, 5.41) is 4.15. The van der Waals surface area contributed by atoms with Gasteiger partial charge in [-0.1, -0.05) is 39.4 Å². The van der Waals surface area contributed by atoms with Gasteiger partial charge in [0.05, 0.1) is 11.5 Å². The number of hydrogen-bond donors (Lipinski definition) is 1. The molecule has 0 aliphatic rings. The molecule has 0 aliphatic heterocycles. The second-order valence-electron chi connectivity index (χ2n) is 3.46. The Morgan fingerprint density at radius 3 is 3.12 bits per heavy atom. The molecule has 0 spiro atoms. The molecule has 0 aliphatic carbocycles. The van der Waals surface area contributed by atoms with Crippen molar-refractivity contribution in [3.63, 3.8) is 0 Å². The Kier molecular flexibility index (Phi) is 4.53. The van der Waals surface area contributed by atoms with E-state index in [2.05, 4.69) is 38.4 Å². The minimum atomic E-state index is 0.686. The van der Waals surface area contributed by atoms with Gasteiger partial charge in [0, 0.05) is 24.3 Å². The first-order valence-electron chi connectivity index (χ1n) is 5.24. The third-order valence-electron chi connectivity index (χ3n) is 2.20. The van der Waals surface area contributed by atoms with Gasteiger partial charge in [-0.05, 0) is 17.7 Å². The van der Waals surface area contributed by atoms with Crippen molar-refractivity contribution in [3.05, 3.63) is 34.9 Å². The van der Waals surface area contributed by atoms with Crippen LogP contribution in [0.15, 0.2) is 34.9 Å². The molecule has 0 saturated carbocycles. The highest BCUT2D eigenvalue weighted by atomic mass is 79.9. The Bertz CT molecular complexity index is 487. The lowest BCUT2D eigenvalue weighted by Crippen LogP contribution is -2.06. The van der Waals surface area contributed by atoms with Gasteiger partial charge in [0.2, 0.25) is 0 Å². The van der Waals surface area contributed by atoms with Crippen LogP contribution in [-0.2, 0) is 4.74 Å². The predicted molar refractivity (Wildman–Crippen MR) is 75.6 cm³/mol. The number of methoxy groups -OCH3 is 1. The number of hydrogen-bond acceptors (Lipinski definition) is 4. The molecule has 0 unspecified atom stereocenters. The molecule has 0 amide bonds. The first-order valence-corrected chi connectivity index (χ1v) is 6.85. The molecular weight excluding hydrogens is 300 g/mol. The highest BCUT2D eigenvalue weighted by molar-refractivity contribution is 9.10. The fourth-order valence-electron chi connectivity index (χ4n) is 1.39. The summed E-state index contributed by atoms with van der Waals surface area (Å²) in [6.45, 7) is 1.47. The number of nitrogens with one attached hydrogen (secondary N) is 1. The molecule has 1 N–H and O–H groups in total. The van der Waals surface area contributed by atoms with Crippen LogP contribution in [0.5, 0.6) is 0 Å². The molecule has 0 saturated heterocycles. The number of anilines is 1. The summed E-state index contributed by atoms with van der Waals surface area (Å²) in [6.07, 6.45) is 1.89. The zero-order valence-electron chi connectivity index (χ0n) is 9.44. The first kappa shape index (κ1) is 12.5. The maximum Gasteiger partial charge on any atom is 0.183 e. The molecule has 1 aromatic carbocycles. The molecule has 17 heavy (non-hydrogen) atoms. The van der Waals surface area contributed by atoms with Crippen molar-refractivity contribution >= 4 is 32.4 Å². The van der Waals surface area contributed by atoms with E-state index in [4.69, 9.17) is 4.74 Å². The van der Waals surface area contributed by atoms with Gasteiger partial charge in [0.15, 0.2) is 5.13 Å². The second-order valence-corrected chi connectivity index (χ2v) is 5.41. The molecule has 1 aromatic heterocycles. The number of ether oxygens (including phenoxy) is 1. The molecular formula is C12H13BrN2OS. The van der Waals surface area contributed by atoms with Crippen molar-refractivity contribution in [2.75, 3.05) is 25.6 Å². The SMILES string of the molecule is COCCNc1ncc(-c2cccc(Br)c2)s1. The van der Waals surface area contributed by atoms with Gasteiger partial charge >= 0.3 is 0 Å². The Balaban J connectivity index is 2.07. The van der Waals surface area contributed by atoms with E-state index in [1.54, 1.807) is 18.4 Å². The Morgan fingerprint density at radius 1 is 1.47 bits per heavy atom.